The Bertz CT molecular complexity index is 1240. The molecule has 0 bridgehead atoms. The number of benzene rings is 2. The van der Waals surface area contributed by atoms with E-state index in [1.165, 1.54) is 6.07 Å². The molecule has 1 N–H and O–H groups in total. The fraction of sp³-hybridized carbons (Fsp3) is 0.400. The van der Waals surface area contributed by atoms with Gasteiger partial charge in [0.25, 0.3) is 11.5 Å². The first-order valence-electron chi connectivity index (χ1n) is 11.1. The Kier molecular flexibility index (Phi) is 6.58. The van der Waals surface area contributed by atoms with Gasteiger partial charge < -0.3 is 14.5 Å². The fourth-order valence-corrected chi connectivity index (χ4v) is 4.47. The van der Waals surface area contributed by atoms with Crippen LogP contribution in [0.2, 0.25) is 0 Å². The first-order chi connectivity index (χ1) is 15.8. The van der Waals surface area contributed by atoms with Crippen LogP contribution in [0.25, 0.3) is 10.8 Å². The van der Waals surface area contributed by atoms with Crippen molar-refractivity contribution >= 4 is 16.7 Å². The zero-order chi connectivity index (χ0) is 23.7. The number of hydrogen-bond acceptors (Lipinski definition) is 5. The zero-order valence-electron chi connectivity index (χ0n) is 19.4. The molecule has 2 heterocycles. The number of likely N-dealkylation sites (N-methyl/N-ethyl adjacent to an activating group) is 1. The van der Waals surface area contributed by atoms with Crippen LogP contribution in [-0.2, 0) is 11.2 Å². The number of nitrogens with zero attached hydrogens (tertiary/aromatic N) is 3. The molecule has 0 spiro atoms. The standard InChI is InChI=1S/C25H29FN4O3/c1-5-33-23-14-30(13-22(23)29(3)4)25(32)19-11-16(7-9-20(19)26)12-21-18-10-15(2)6-8-17(18)24(31)28-27-21/h6-11,22-23H,5,12-14H2,1-4H3,(H,28,31)/t22-,23+/m1/s1. The SMILES string of the molecule is CCO[C@H]1CN(C(=O)c2cc(Cc3n[nH]c(=O)c4ccc(C)cc34)ccc2F)C[C@H]1N(C)C. The number of carbonyl (C=O) groups is 1. The van der Waals surface area contributed by atoms with Crippen molar-refractivity contribution in [3.8, 4) is 0 Å². The molecule has 0 radical (unpaired) electrons. The van der Waals surface area contributed by atoms with Crippen LogP contribution in [0, 0.1) is 12.7 Å². The van der Waals surface area contributed by atoms with Crippen LogP contribution < -0.4 is 5.56 Å². The number of likely N-dealkylation sites (tertiary alicyclic amines) is 1. The van der Waals surface area contributed by atoms with Crippen LogP contribution in [0.5, 0.6) is 0 Å². The molecule has 174 valence electrons. The average Bonchev–Trinajstić information content (AvgIpc) is 3.21. The van der Waals surface area contributed by atoms with E-state index in [1.54, 1.807) is 23.1 Å². The number of nitrogens with one attached hydrogen (secondary N) is 1. The summed E-state index contributed by atoms with van der Waals surface area (Å²) in [5.41, 5.74) is 2.21. The number of aromatic nitrogens is 2. The highest BCUT2D eigenvalue weighted by Gasteiger charge is 2.38. The van der Waals surface area contributed by atoms with E-state index in [0.717, 1.165) is 16.5 Å². The van der Waals surface area contributed by atoms with Gasteiger partial charge in [-0.15, -0.1) is 0 Å². The van der Waals surface area contributed by atoms with Gasteiger partial charge in [-0.3, -0.25) is 9.59 Å². The van der Waals surface area contributed by atoms with Gasteiger partial charge in [0.1, 0.15) is 5.82 Å². The quantitative estimate of drug-likeness (QED) is 0.622. The molecule has 2 atom stereocenters. The van der Waals surface area contributed by atoms with Crippen molar-refractivity contribution in [2.24, 2.45) is 0 Å². The summed E-state index contributed by atoms with van der Waals surface area (Å²) in [7, 11) is 3.91. The first-order valence-corrected chi connectivity index (χ1v) is 11.1. The monoisotopic (exact) mass is 452 g/mol. The highest BCUT2D eigenvalue weighted by Crippen LogP contribution is 2.23. The summed E-state index contributed by atoms with van der Waals surface area (Å²) in [5, 5.41) is 8.07. The van der Waals surface area contributed by atoms with Gasteiger partial charge in [0.15, 0.2) is 0 Å². The Hall–Kier alpha value is -3.10. The van der Waals surface area contributed by atoms with E-state index in [9.17, 15) is 14.0 Å². The lowest BCUT2D eigenvalue weighted by Gasteiger charge is -2.24. The number of fused-ring (bicyclic) bond motifs is 1. The minimum atomic E-state index is -0.555. The van der Waals surface area contributed by atoms with E-state index in [0.29, 0.717) is 37.2 Å². The molecular weight excluding hydrogens is 423 g/mol. The lowest BCUT2D eigenvalue weighted by molar-refractivity contribution is 0.0299. The Morgan fingerprint density at radius 2 is 2.00 bits per heavy atom. The lowest BCUT2D eigenvalue weighted by atomic mass is 10.0. The second-order valence-electron chi connectivity index (χ2n) is 8.77. The molecule has 1 saturated heterocycles. The molecule has 2 aromatic carbocycles. The van der Waals surface area contributed by atoms with Crippen molar-refractivity contribution < 1.29 is 13.9 Å². The number of rotatable bonds is 6. The summed E-state index contributed by atoms with van der Waals surface area (Å²) >= 11 is 0. The third-order valence-corrected chi connectivity index (χ3v) is 6.22. The molecule has 1 fully saturated rings. The van der Waals surface area contributed by atoms with E-state index in [2.05, 4.69) is 10.2 Å². The van der Waals surface area contributed by atoms with Crippen molar-refractivity contribution in [1.82, 2.24) is 20.0 Å². The highest BCUT2D eigenvalue weighted by molar-refractivity contribution is 5.95. The van der Waals surface area contributed by atoms with Crippen molar-refractivity contribution in [1.29, 1.82) is 0 Å². The van der Waals surface area contributed by atoms with Crippen molar-refractivity contribution in [3.05, 3.63) is 75.0 Å². The van der Waals surface area contributed by atoms with Gasteiger partial charge in [0.2, 0.25) is 0 Å². The molecule has 3 aromatic rings. The maximum Gasteiger partial charge on any atom is 0.272 e. The molecule has 1 aliphatic heterocycles. The van der Waals surface area contributed by atoms with Gasteiger partial charge in [-0.1, -0.05) is 17.7 Å². The third kappa shape index (κ3) is 4.67. The van der Waals surface area contributed by atoms with Gasteiger partial charge in [-0.2, -0.15) is 5.10 Å². The molecule has 4 rings (SSSR count). The number of ether oxygens (including phenoxy) is 1. The molecule has 1 amide bonds. The van der Waals surface area contributed by atoms with E-state index >= 15 is 0 Å². The van der Waals surface area contributed by atoms with Crippen LogP contribution in [0.15, 0.2) is 41.2 Å². The van der Waals surface area contributed by atoms with Crippen LogP contribution in [0.4, 0.5) is 4.39 Å². The Labute approximate surface area is 192 Å². The summed E-state index contributed by atoms with van der Waals surface area (Å²) in [4.78, 5) is 29.1. The average molecular weight is 453 g/mol. The maximum absolute atomic E-state index is 14.7. The van der Waals surface area contributed by atoms with Crippen LogP contribution in [0.3, 0.4) is 0 Å². The number of carbonyl (C=O) groups excluding carboxylic acids is 1. The van der Waals surface area contributed by atoms with E-state index < -0.39 is 5.82 Å². The Morgan fingerprint density at radius 3 is 2.73 bits per heavy atom. The Morgan fingerprint density at radius 1 is 1.21 bits per heavy atom. The molecule has 7 nitrogen and oxygen atoms in total. The largest absolute Gasteiger partial charge is 0.375 e. The molecular formula is C25H29FN4O3. The minimum absolute atomic E-state index is 0.0343. The van der Waals surface area contributed by atoms with E-state index in [1.807, 2.05) is 45.0 Å². The van der Waals surface area contributed by atoms with Crippen LogP contribution >= 0.6 is 0 Å². The smallest absolute Gasteiger partial charge is 0.272 e. The summed E-state index contributed by atoms with van der Waals surface area (Å²) in [5.74, 6) is -0.904. The molecule has 1 aliphatic rings. The number of hydrogen-bond donors (Lipinski definition) is 1. The number of halogens is 1. The predicted molar refractivity (Wildman–Crippen MR) is 125 cm³/mol. The lowest BCUT2D eigenvalue weighted by Crippen LogP contribution is -2.39. The van der Waals surface area contributed by atoms with Crippen molar-refractivity contribution in [3.63, 3.8) is 0 Å². The Balaban J connectivity index is 1.62. The summed E-state index contributed by atoms with van der Waals surface area (Å²) in [6, 6.07) is 10.2. The van der Waals surface area contributed by atoms with Crippen LogP contribution in [-0.4, -0.2) is 71.8 Å². The number of amides is 1. The van der Waals surface area contributed by atoms with Gasteiger partial charge in [0, 0.05) is 31.5 Å². The molecule has 8 heteroatoms. The molecule has 1 aromatic heterocycles. The molecule has 0 saturated carbocycles. The maximum atomic E-state index is 14.7. The van der Waals surface area contributed by atoms with Gasteiger partial charge in [0.05, 0.1) is 28.8 Å². The van der Waals surface area contributed by atoms with E-state index in [4.69, 9.17) is 4.74 Å². The van der Waals surface area contributed by atoms with Gasteiger partial charge in [-0.05, 0) is 57.8 Å². The second kappa shape index (κ2) is 9.41. The molecule has 0 unspecified atom stereocenters. The second-order valence-corrected chi connectivity index (χ2v) is 8.77. The van der Waals surface area contributed by atoms with Gasteiger partial charge in [-0.25, -0.2) is 9.49 Å². The predicted octanol–water partition coefficient (Wildman–Crippen LogP) is 2.75. The minimum Gasteiger partial charge on any atom is -0.375 e. The van der Waals surface area contributed by atoms with Crippen molar-refractivity contribution in [2.75, 3.05) is 33.8 Å². The zero-order valence-corrected chi connectivity index (χ0v) is 19.4. The fourth-order valence-electron chi connectivity index (χ4n) is 4.47. The van der Waals surface area contributed by atoms with Gasteiger partial charge >= 0.3 is 0 Å². The number of aromatic amines is 1. The summed E-state index contributed by atoms with van der Waals surface area (Å²) < 4.78 is 20.5. The molecule has 0 aliphatic carbocycles. The third-order valence-electron chi connectivity index (χ3n) is 6.22. The highest BCUT2D eigenvalue weighted by atomic mass is 19.1. The summed E-state index contributed by atoms with van der Waals surface area (Å²) in [6.45, 7) is 5.33. The normalized spacial score (nSPS) is 18.4. The topological polar surface area (TPSA) is 78.5 Å². The summed E-state index contributed by atoms with van der Waals surface area (Å²) in [6.07, 6.45) is 0.249. The number of H-pyrrole nitrogens is 1. The first kappa shape index (κ1) is 23.1. The van der Waals surface area contributed by atoms with E-state index in [-0.39, 0.29) is 29.2 Å². The number of aryl methyl sites for hydroxylation is 1. The van der Waals surface area contributed by atoms with Crippen molar-refractivity contribution in [2.45, 2.75) is 32.4 Å². The van der Waals surface area contributed by atoms with Crippen LogP contribution in [0.1, 0.15) is 34.1 Å². The molecule has 33 heavy (non-hydrogen) atoms.